The second-order valence-corrected chi connectivity index (χ2v) is 8.82. The standard InChI is InChI=1S/C24H28BrN5O/c1-4-28-11-13-29(14-12-28)23-10-7-20(15-17(23)2)27-24(31)22-16-26-30(18(22)3)21-8-5-19(25)6-9-21/h5-10,15-16H,4,11-14H2,1-3H3,(H,27,31). The number of aromatic nitrogens is 2. The first-order valence-electron chi connectivity index (χ1n) is 10.7. The summed E-state index contributed by atoms with van der Waals surface area (Å²) in [5, 5.41) is 7.45. The van der Waals surface area contributed by atoms with E-state index in [1.54, 1.807) is 10.9 Å². The summed E-state index contributed by atoms with van der Waals surface area (Å²) in [5.41, 5.74) is 5.51. The van der Waals surface area contributed by atoms with Crippen molar-refractivity contribution in [1.29, 1.82) is 0 Å². The Morgan fingerprint density at radius 2 is 1.77 bits per heavy atom. The summed E-state index contributed by atoms with van der Waals surface area (Å²) in [4.78, 5) is 17.8. The summed E-state index contributed by atoms with van der Waals surface area (Å²) < 4.78 is 2.79. The number of hydrogen-bond acceptors (Lipinski definition) is 4. The van der Waals surface area contributed by atoms with E-state index in [2.05, 4.69) is 56.1 Å². The number of nitrogens with one attached hydrogen (secondary N) is 1. The third kappa shape index (κ3) is 4.67. The molecule has 0 atom stereocenters. The molecule has 0 aliphatic carbocycles. The number of aryl methyl sites for hydroxylation is 1. The number of benzene rings is 2. The zero-order chi connectivity index (χ0) is 22.0. The van der Waals surface area contributed by atoms with E-state index in [9.17, 15) is 4.79 Å². The molecular weight excluding hydrogens is 454 g/mol. The van der Waals surface area contributed by atoms with Crippen LogP contribution in [0, 0.1) is 13.8 Å². The molecule has 0 radical (unpaired) electrons. The van der Waals surface area contributed by atoms with Crippen molar-refractivity contribution in [1.82, 2.24) is 14.7 Å². The van der Waals surface area contributed by atoms with Crippen molar-refractivity contribution in [2.45, 2.75) is 20.8 Å². The van der Waals surface area contributed by atoms with Crippen LogP contribution in [-0.4, -0.2) is 53.3 Å². The smallest absolute Gasteiger partial charge is 0.259 e. The molecule has 0 unspecified atom stereocenters. The van der Waals surface area contributed by atoms with Crippen molar-refractivity contribution >= 4 is 33.2 Å². The van der Waals surface area contributed by atoms with Crippen LogP contribution < -0.4 is 10.2 Å². The fourth-order valence-electron chi connectivity index (χ4n) is 4.07. The molecule has 6 nitrogen and oxygen atoms in total. The van der Waals surface area contributed by atoms with Crippen LogP contribution in [0.2, 0.25) is 0 Å². The zero-order valence-electron chi connectivity index (χ0n) is 18.2. The van der Waals surface area contributed by atoms with Crippen molar-refractivity contribution in [2.75, 3.05) is 42.9 Å². The van der Waals surface area contributed by atoms with Gasteiger partial charge in [-0.15, -0.1) is 0 Å². The molecule has 7 heteroatoms. The van der Waals surface area contributed by atoms with Gasteiger partial charge in [0.05, 0.1) is 23.1 Å². The monoisotopic (exact) mass is 481 g/mol. The molecule has 1 amide bonds. The largest absolute Gasteiger partial charge is 0.369 e. The van der Waals surface area contributed by atoms with Gasteiger partial charge in [-0.3, -0.25) is 4.79 Å². The molecule has 31 heavy (non-hydrogen) atoms. The molecule has 2 aromatic carbocycles. The lowest BCUT2D eigenvalue weighted by atomic mass is 10.1. The number of hydrogen-bond donors (Lipinski definition) is 1. The highest BCUT2D eigenvalue weighted by Crippen LogP contribution is 2.25. The Bertz CT molecular complexity index is 1070. The Morgan fingerprint density at radius 1 is 1.06 bits per heavy atom. The van der Waals surface area contributed by atoms with Crippen molar-refractivity contribution in [3.8, 4) is 5.69 Å². The second-order valence-electron chi connectivity index (χ2n) is 7.91. The summed E-state index contributed by atoms with van der Waals surface area (Å²) in [6.07, 6.45) is 1.63. The van der Waals surface area contributed by atoms with E-state index in [4.69, 9.17) is 0 Å². The molecule has 1 saturated heterocycles. The van der Waals surface area contributed by atoms with Gasteiger partial charge < -0.3 is 15.1 Å². The molecule has 1 aliphatic rings. The molecule has 1 fully saturated rings. The highest BCUT2D eigenvalue weighted by atomic mass is 79.9. The third-order valence-corrected chi connectivity index (χ3v) is 6.47. The number of anilines is 2. The van der Waals surface area contributed by atoms with Gasteiger partial charge in [0.2, 0.25) is 0 Å². The highest BCUT2D eigenvalue weighted by Gasteiger charge is 2.19. The quantitative estimate of drug-likeness (QED) is 0.576. The van der Waals surface area contributed by atoms with E-state index in [0.717, 1.165) is 54.3 Å². The van der Waals surface area contributed by atoms with E-state index in [-0.39, 0.29) is 5.91 Å². The Labute approximate surface area is 192 Å². The Morgan fingerprint density at radius 3 is 2.42 bits per heavy atom. The fourth-order valence-corrected chi connectivity index (χ4v) is 4.33. The number of piperazine rings is 1. The van der Waals surface area contributed by atoms with Crippen LogP contribution in [0.4, 0.5) is 11.4 Å². The predicted molar refractivity (Wildman–Crippen MR) is 129 cm³/mol. The van der Waals surface area contributed by atoms with E-state index in [0.29, 0.717) is 5.56 Å². The number of amides is 1. The van der Waals surface area contributed by atoms with Gasteiger partial charge in [0, 0.05) is 42.0 Å². The maximum atomic E-state index is 12.9. The number of likely N-dealkylation sites (N-methyl/N-ethyl adjacent to an activating group) is 1. The average Bonchev–Trinajstić information content (AvgIpc) is 3.16. The minimum absolute atomic E-state index is 0.149. The maximum Gasteiger partial charge on any atom is 0.259 e. The van der Waals surface area contributed by atoms with Crippen LogP contribution >= 0.6 is 15.9 Å². The van der Waals surface area contributed by atoms with Crippen LogP contribution in [-0.2, 0) is 0 Å². The molecular formula is C24H28BrN5O. The van der Waals surface area contributed by atoms with E-state index >= 15 is 0 Å². The summed E-state index contributed by atoms with van der Waals surface area (Å²) in [5.74, 6) is -0.149. The Kier molecular flexibility index (Phi) is 6.43. The van der Waals surface area contributed by atoms with Crippen LogP contribution in [0.5, 0.6) is 0 Å². The first-order chi connectivity index (χ1) is 15.0. The van der Waals surface area contributed by atoms with Gasteiger partial charge in [-0.1, -0.05) is 22.9 Å². The van der Waals surface area contributed by atoms with E-state index in [1.807, 2.05) is 43.3 Å². The lowest BCUT2D eigenvalue weighted by Gasteiger charge is -2.36. The summed E-state index contributed by atoms with van der Waals surface area (Å²) in [7, 11) is 0. The fraction of sp³-hybridized carbons (Fsp3) is 0.333. The molecule has 3 aromatic rings. The van der Waals surface area contributed by atoms with Gasteiger partial charge in [0.25, 0.3) is 5.91 Å². The third-order valence-electron chi connectivity index (χ3n) is 5.94. The highest BCUT2D eigenvalue weighted by molar-refractivity contribution is 9.10. The first kappa shape index (κ1) is 21.6. The van der Waals surface area contributed by atoms with E-state index in [1.165, 1.54) is 11.3 Å². The van der Waals surface area contributed by atoms with Crippen LogP contribution in [0.1, 0.15) is 28.5 Å². The van der Waals surface area contributed by atoms with Crippen molar-refractivity contribution in [2.24, 2.45) is 0 Å². The van der Waals surface area contributed by atoms with E-state index < -0.39 is 0 Å². The molecule has 1 N–H and O–H groups in total. The average molecular weight is 482 g/mol. The zero-order valence-corrected chi connectivity index (χ0v) is 19.8. The Balaban J connectivity index is 1.47. The van der Waals surface area contributed by atoms with Crippen LogP contribution in [0.15, 0.2) is 53.1 Å². The van der Waals surface area contributed by atoms with Gasteiger partial charge in [0.1, 0.15) is 0 Å². The topological polar surface area (TPSA) is 53.4 Å². The number of halogens is 1. The molecule has 2 heterocycles. The number of carbonyl (C=O) groups excluding carboxylic acids is 1. The van der Waals surface area contributed by atoms with Crippen molar-refractivity contribution < 1.29 is 4.79 Å². The van der Waals surface area contributed by atoms with Gasteiger partial charge in [-0.05, 0) is 68.4 Å². The van der Waals surface area contributed by atoms with Crippen LogP contribution in [0.3, 0.4) is 0 Å². The molecule has 0 bridgehead atoms. The lowest BCUT2D eigenvalue weighted by molar-refractivity contribution is 0.102. The minimum Gasteiger partial charge on any atom is -0.369 e. The summed E-state index contributed by atoms with van der Waals surface area (Å²) in [6.45, 7) is 11.6. The van der Waals surface area contributed by atoms with Gasteiger partial charge in [0.15, 0.2) is 0 Å². The molecule has 162 valence electrons. The molecule has 0 saturated carbocycles. The van der Waals surface area contributed by atoms with Gasteiger partial charge in [-0.2, -0.15) is 5.10 Å². The first-order valence-corrected chi connectivity index (χ1v) is 11.5. The number of rotatable bonds is 5. The molecule has 4 rings (SSSR count). The molecule has 1 aliphatic heterocycles. The second kappa shape index (κ2) is 9.24. The lowest BCUT2D eigenvalue weighted by Crippen LogP contribution is -2.46. The summed E-state index contributed by atoms with van der Waals surface area (Å²) >= 11 is 3.45. The van der Waals surface area contributed by atoms with Gasteiger partial charge in [-0.25, -0.2) is 4.68 Å². The van der Waals surface area contributed by atoms with Crippen molar-refractivity contribution in [3.63, 3.8) is 0 Å². The van der Waals surface area contributed by atoms with Crippen molar-refractivity contribution in [3.05, 3.63) is 70.0 Å². The van der Waals surface area contributed by atoms with Crippen LogP contribution in [0.25, 0.3) is 5.69 Å². The van der Waals surface area contributed by atoms with Gasteiger partial charge >= 0.3 is 0 Å². The minimum atomic E-state index is -0.149. The molecule has 0 spiro atoms. The Hall–Kier alpha value is -2.64. The SMILES string of the molecule is CCN1CCN(c2ccc(NC(=O)c3cnn(-c4ccc(Br)cc4)c3C)cc2C)CC1. The predicted octanol–water partition coefficient (Wildman–Crippen LogP) is 4.65. The number of carbonyl (C=O) groups is 1. The normalized spacial score (nSPS) is 14.6. The summed E-state index contributed by atoms with van der Waals surface area (Å²) in [6, 6.07) is 14.0. The maximum absolute atomic E-state index is 12.9. The number of nitrogens with zero attached hydrogens (tertiary/aromatic N) is 4. The molecule has 1 aromatic heterocycles.